The van der Waals surface area contributed by atoms with Gasteiger partial charge in [-0.1, -0.05) is 164 Å². The lowest BCUT2D eigenvalue weighted by Gasteiger charge is -2.14. The molecule has 1 unspecified atom stereocenters. The number of para-hydroxylation sites is 2. The first-order valence-corrected chi connectivity index (χ1v) is 18.6. The second-order valence-corrected chi connectivity index (χ2v) is 13.3. The van der Waals surface area contributed by atoms with E-state index in [4.69, 9.17) is 5.73 Å². The molecule has 0 radical (unpaired) electrons. The molecule has 3 N–H and O–H groups in total. The number of fused-ring (bicyclic) bond motifs is 3. The Morgan fingerprint density at radius 1 is 0.709 bits per heavy atom. The zero-order valence-electron chi connectivity index (χ0n) is 31.1. The minimum absolute atomic E-state index is 0.188. The van der Waals surface area contributed by atoms with Crippen molar-refractivity contribution in [3.8, 4) is 11.1 Å². The molecule has 1 aliphatic carbocycles. The summed E-state index contributed by atoms with van der Waals surface area (Å²) in [5.74, 6) is 0.188. The van der Waals surface area contributed by atoms with Crippen molar-refractivity contribution in [2.24, 2.45) is 11.7 Å². The highest BCUT2D eigenvalue weighted by molar-refractivity contribution is 6.11. The van der Waals surface area contributed by atoms with Crippen LogP contribution in [0.1, 0.15) is 18.1 Å². The molecule has 0 saturated carbocycles. The highest BCUT2D eigenvalue weighted by Crippen LogP contribution is 2.36. The Labute approximate surface area is 324 Å². The number of anilines is 2. The number of nitrogens with one attached hydrogen (secondary N) is 1. The fourth-order valence-electron chi connectivity index (χ4n) is 6.97. The summed E-state index contributed by atoms with van der Waals surface area (Å²) in [5.41, 5.74) is 17.9. The average molecular weight is 712 g/mol. The lowest BCUT2D eigenvalue weighted by Crippen LogP contribution is -1.95. The second-order valence-electron chi connectivity index (χ2n) is 13.3. The summed E-state index contributed by atoms with van der Waals surface area (Å²) in [5, 5.41) is 6.09. The van der Waals surface area contributed by atoms with E-state index in [1.54, 1.807) is 6.08 Å². The summed E-state index contributed by atoms with van der Waals surface area (Å²) in [6.07, 6.45) is 32.7. The normalized spacial score (nSPS) is 15.2. The molecule has 7 rings (SSSR count). The van der Waals surface area contributed by atoms with Crippen LogP contribution in [0.2, 0.25) is 0 Å². The molecule has 0 aliphatic heterocycles. The van der Waals surface area contributed by atoms with Crippen molar-refractivity contribution in [2.45, 2.75) is 6.92 Å². The van der Waals surface area contributed by atoms with Gasteiger partial charge in [0, 0.05) is 39.3 Å². The molecule has 3 heteroatoms. The standard InChI is InChI=1S/C52H45N3/c1-3-18-43(37-39(2)47-24-12-14-26-50(47)54-45-32-29-42(30-33-45)41-21-10-8-11-22-41)44-31-35-52-49(38-44)48-25-13-15-27-51(48)55(52)46-23-17-20-40(28-34-46)19-9-6-4-5-7-16-36-53/h3-38,40,54H,1,53H2,2H3/b6-4+,7-5-,19-9+,36-16-,39-37+,43-18+. The van der Waals surface area contributed by atoms with Crippen LogP contribution >= 0.6 is 0 Å². The van der Waals surface area contributed by atoms with Gasteiger partial charge in [-0.3, -0.25) is 0 Å². The molecule has 3 nitrogen and oxygen atoms in total. The number of nitrogens with zero attached hydrogens (tertiary/aromatic N) is 1. The predicted octanol–water partition coefficient (Wildman–Crippen LogP) is 13.6. The maximum absolute atomic E-state index is 5.39. The molecule has 6 aromatic rings. The van der Waals surface area contributed by atoms with Crippen LogP contribution in [-0.4, -0.2) is 4.57 Å². The first kappa shape index (κ1) is 36.3. The summed E-state index contributed by atoms with van der Waals surface area (Å²) in [6.45, 7) is 6.25. The van der Waals surface area contributed by atoms with E-state index >= 15 is 0 Å². The van der Waals surface area contributed by atoms with Gasteiger partial charge in [0.05, 0.1) is 11.0 Å². The molecule has 55 heavy (non-hydrogen) atoms. The number of benzene rings is 5. The van der Waals surface area contributed by atoms with Crippen LogP contribution in [0.5, 0.6) is 0 Å². The highest BCUT2D eigenvalue weighted by atomic mass is 15.0. The quantitative estimate of drug-likeness (QED) is 0.124. The predicted molar refractivity (Wildman–Crippen MR) is 240 cm³/mol. The zero-order valence-corrected chi connectivity index (χ0v) is 31.1. The molecule has 1 atom stereocenters. The van der Waals surface area contributed by atoms with Crippen molar-refractivity contribution in [1.82, 2.24) is 4.57 Å². The van der Waals surface area contributed by atoms with Crippen molar-refractivity contribution in [3.05, 3.63) is 236 Å². The molecule has 268 valence electrons. The zero-order chi connectivity index (χ0) is 37.8. The number of rotatable bonds is 12. The van der Waals surface area contributed by atoms with Crippen LogP contribution in [0.25, 0.3) is 49.8 Å². The number of aromatic nitrogens is 1. The van der Waals surface area contributed by atoms with Crippen LogP contribution in [0.3, 0.4) is 0 Å². The Morgan fingerprint density at radius 2 is 1.42 bits per heavy atom. The van der Waals surface area contributed by atoms with Crippen LogP contribution in [0.4, 0.5) is 11.4 Å². The minimum atomic E-state index is 0.188. The third-order valence-corrected chi connectivity index (χ3v) is 9.65. The summed E-state index contributed by atoms with van der Waals surface area (Å²) >= 11 is 0. The van der Waals surface area contributed by atoms with E-state index in [1.165, 1.54) is 33.6 Å². The smallest absolute Gasteiger partial charge is 0.0541 e. The monoisotopic (exact) mass is 711 g/mol. The van der Waals surface area contributed by atoms with Gasteiger partial charge in [0.1, 0.15) is 0 Å². The van der Waals surface area contributed by atoms with Gasteiger partial charge in [0.15, 0.2) is 0 Å². The second kappa shape index (κ2) is 17.6. The molecule has 0 spiro atoms. The summed E-state index contributed by atoms with van der Waals surface area (Å²) in [4.78, 5) is 0. The van der Waals surface area contributed by atoms with E-state index in [9.17, 15) is 0 Å². The van der Waals surface area contributed by atoms with E-state index in [2.05, 4.69) is 193 Å². The summed E-state index contributed by atoms with van der Waals surface area (Å²) in [7, 11) is 0. The minimum Gasteiger partial charge on any atom is -0.405 e. The van der Waals surface area contributed by atoms with Gasteiger partial charge >= 0.3 is 0 Å². The first-order valence-electron chi connectivity index (χ1n) is 18.6. The fraction of sp³-hybridized carbons (Fsp3) is 0.0385. The van der Waals surface area contributed by atoms with E-state index in [0.29, 0.717) is 0 Å². The highest BCUT2D eigenvalue weighted by Gasteiger charge is 2.15. The third kappa shape index (κ3) is 8.59. The maximum Gasteiger partial charge on any atom is 0.0541 e. The molecular weight excluding hydrogens is 667 g/mol. The number of hydrogen-bond donors (Lipinski definition) is 2. The Balaban J connectivity index is 1.17. The number of allylic oxidation sites excluding steroid dienone is 18. The van der Waals surface area contributed by atoms with Gasteiger partial charge in [0.25, 0.3) is 0 Å². The Kier molecular flexibility index (Phi) is 11.6. The largest absolute Gasteiger partial charge is 0.405 e. The molecule has 1 aromatic heterocycles. The summed E-state index contributed by atoms with van der Waals surface area (Å²) < 4.78 is 2.36. The Morgan fingerprint density at radius 3 is 2.24 bits per heavy atom. The Hall–Kier alpha value is -7.10. The van der Waals surface area contributed by atoms with Crippen molar-refractivity contribution in [1.29, 1.82) is 0 Å². The number of hydrogen-bond acceptors (Lipinski definition) is 2. The van der Waals surface area contributed by atoms with Crippen molar-refractivity contribution in [3.63, 3.8) is 0 Å². The van der Waals surface area contributed by atoms with Gasteiger partial charge < -0.3 is 15.6 Å². The van der Waals surface area contributed by atoms with Crippen LogP contribution < -0.4 is 11.1 Å². The van der Waals surface area contributed by atoms with E-state index in [0.717, 1.165) is 44.9 Å². The third-order valence-electron chi connectivity index (χ3n) is 9.65. The lowest BCUT2D eigenvalue weighted by molar-refractivity contribution is 1.07. The summed E-state index contributed by atoms with van der Waals surface area (Å²) in [6, 6.07) is 43.0. The van der Waals surface area contributed by atoms with E-state index in [1.807, 2.05) is 36.4 Å². The molecule has 5 aromatic carbocycles. The lowest BCUT2D eigenvalue weighted by atomic mass is 9.97. The van der Waals surface area contributed by atoms with Gasteiger partial charge in [-0.05, 0) is 95.6 Å². The van der Waals surface area contributed by atoms with E-state index in [-0.39, 0.29) is 5.92 Å². The van der Waals surface area contributed by atoms with Crippen molar-refractivity contribution < 1.29 is 0 Å². The fourth-order valence-corrected chi connectivity index (χ4v) is 6.97. The first-order chi connectivity index (χ1) is 27.1. The maximum atomic E-state index is 5.39. The molecule has 0 saturated heterocycles. The molecule has 0 fully saturated rings. The van der Waals surface area contributed by atoms with Gasteiger partial charge in [-0.15, -0.1) is 0 Å². The van der Waals surface area contributed by atoms with Crippen molar-refractivity contribution >= 4 is 50.0 Å². The molecule has 0 bridgehead atoms. The van der Waals surface area contributed by atoms with Gasteiger partial charge in [-0.25, -0.2) is 0 Å². The Bertz CT molecular complexity index is 2580. The van der Waals surface area contributed by atoms with Crippen molar-refractivity contribution in [2.75, 3.05) is 5.32 Å². The molecule has 0 amide bonds. The van der Waals surface area contributed by atoms with Crippen LogP contribution in [0, 0.1) is 5.92 Å². The topological polar surface area (TPSA) is 43.0 Å². The molecular formula is C52H45N3. The van der Waals surface area contributed by atoms with Crippen LogP contribution in [0.15, 0.2) is 225 Å². The SMILES string of the molecule is C=C/C=C(\C=C(/C)c1ccccc1Nc1ccc(-c2ccccc2)cc1)c1ccc2c(c1)c1ccccc1n2C1=CC=CC(/C=C/C=C/C=C\C=C/N)C=C1. The molecule has 1 aliphatic rings. The number of nitrogens with two attached hydrogens (primary N) is 1. The van der Waals surface area contributed by atoms with Crippen LogP contribution in [-0.2, 0) is 0 Å². The van der Waals surface area contributed by atoms with Gasteiger partial charge in [-0.2, -0.15) is 0 Å². The average Bonchev–Trinajstić information content (AvgIpc) is 3.37. The molecule has 1 heterocycles. The van der Waals surface area contributed by atoms with E-state index < -0.39 is 0 Å². The van der Waals surface area contributed by atoms with Gasteiger partial charge in [0.2, 0.25) is 0 Å².